The van der Waals surface area contributed by atoms with Crippen molar-refractivity contribution in [1.29, 1.82) is 0 Å². The Balaban J connectivity index is 2.15. The second kappa shape index (κ2) is 6.95. The third-order valence-electron chi connectivity index (χ3n) is 2.81. The zero-order valence-corrected chi connectivity index (χ0v) is 12.4. The van der Waals surface area contributed by atoms with Crippen LogP contribution in [0.1, 0.15) is 5.56 Å². The highest BCUT2D eigenvalue weighted by atomic mass is 35.5. The Kier molecular flexibility index (Phi) is 5.01. The molecule has 0 aliphatic heterocycles. The molecule has 0 bridgehead atoms. The van der Waals surface area contributed by atoms with E-state index in [1.807, 2.05) is 0 Å². The maximum absolute atomic E-state index is 13.0. The van der Waals surface area contributed by atoms with Crippen LogP contribution < -0.4 is 10.1 Å². The molecule has 0 saturated heterocycles. The number of carbonyl (C=O) groups excluding carboxylic acids is 1. The summed E-state index contributed by atoms with van der Waals surface area (Å²) in [5, 5.41) is 12.5. The van der Waals surface area contributed by atoms with Gasteiger partial charge >= 0.3 is 0 Å². The Morgan fingerprint density at radius 2 is 2.09 bits per heavy atom. The van der Waals surface area contributed by atoms with Gasteiger partial charge in [0.1, 0.15) is 17.3 Å². The summed E-state index contributed by atoms with van der Waals surface area (Å²) >= 11 is 5.82. The molecule has 0 spiro atoms. The Morgan fingerprint density at radius 1 is 1.32 bits per heavy atom. The molecule has 22 heavy (non-hydrogen) atoms. The van der Waals surface area contributed by atoms with Crippen LogP contribution in [0.3, 0.4) is 0 Å². The highest BCUT2D eigenvalue weighted by molar-refractivity contribution is 6.32. The first-order valence-electron chi connectivity index (χ1n) is 6.30. The molecule has 0 aliphatic rings. The summed E-state index contributed by atoms with van der Waals surface area (Å²) in [5.41, 5.74) is 0.683. The Morgan fingerprint density at radius 3 is 2.77 bits per heavy atom. The number of anilines is 1. The minimum atomic E-state index is -0.550. The lowest BCUT2D eigenvalue weighted by atomic mass is 10.1. The molecule has 0 unspecified atom stereocenters. The lowest BCUT2D eigenvalue weighted by Crippen LogP contribution is -2.09. The van der Waals surface area contributed by atoms with Crippen LogP contribution in [0, 0.1) is 5.82 Å². The summed E-state index contributed by atoms with van der Waals surface area (Å²) in [4.78, 5) is 11.9. The molecule has 4 nitrogen and oxygen atoms in total. The molecule has 2 aromatic rings. The number of halogens is 2. The number of hydrogen-bond donors (Lipinski definition) is 2. The monoisotopic (exact) mass is 321 g/mol. The number of amides is 1. The zero-order valence-electron chi connectivity index (χ0n) is 11.6. The number of benzene rings is 2. The molecule has 0 atom stereocenters. The lowest BCUT2D eigenvalue weighted by molar-refractivity contribution is -0.111. The smallest absolute Gasteiger partial charge is 0.252 e. The Hall–Kier alpha value is -2.53. The van der Waals surface area contributed by atoms with Crippen LogP contribution in [0.5, 0.6) is 5.75 Å². The van der Waals surface area contributed by atoms with E-state index in [-0.39, 0.29) is 16.3 Å². The molecule has 0 aliphatic carbocycles. The van der Waals surface area contributed by atoms with Crippen LogP contribution in [0.2, 0.25) is 5.02 Å². The van der Waals surface area contributed by atoms with Crippen LogP contribution in [-0.2, 0) is 4.79 Å². The van der Waals surface area contributed by atoms with Gasteiger partial charge in [0.25, 0.3) is 5.91 Å². The van der Waals surface area contributed by atoms with Crippen molar-refractivity contribution in [3.8, 4) is 5.75 Å². The van der Waals surface area contributed by atoms with Crippen molar-refractivity contribution in [2.45, 2.75) is 0 Å². The summed E-state index contributed by atoms with van der Waals surface area (Å²) in [6.45, 7) is 0. The number of ether oxygens (including phenoxy) is 1. The van der Waals surface area contributed by atoms with E-state index in [1.165, 1.54) is 13.2 Å². The zero-order chi connectivity index (χ0) is 16.1. The molecule has 2 N–H and O–H groups in total. The average Bonchev–Trinajstić information content (AvgIpc) is 2.47. The van der Waals surface area contributed by atoms with Gasteiger partial charge in [-0.3, -0.25) is 4.79 Å². The number of aliphatic hydroxyl groups is 1. The van der Waals surface area contributed by atoms with Gasteiger partial charge in [0.05, 0.1) is 12.1 Å². The summed E-state index contributed by atoms with van der Waals surface area (Å²) < 4.78 is 18.0. The third kappa shape index (κ3) is 3.99. The fourth-order valence-corrected chi connectivity index (χ4v) is 2.04. The van der Waals surface area contributed by atoms with E-state index < -0.39 is 11.7 Å². The van der Waals surface area contributed by atoms with E-state index in [2.05, 4.69) is 5.32 Å². The summed E-state index contributed by atoms with van der Waals surface area (Å²) in [6.07, 6.45) is 0.971. The van der Waals surface area contributed by atoms with Crippen LogP contribution >= 0.6 is 11.6 Å². The first kappa shape index (κ1) is 15.9. The molecule has 114 valence electrons. The van der Waals surface area contributed by atoms with Gasteiger partial charge in [-0.1, -0.05) is 17.7 Å². The minimum absolute atomic E-state index is 0.0166. The van der Waals surface area contributed by atoms with Crippen LogP contribution in [-0.4, -0.2) is 18.1 Å². The van der Waals surface area contributed by atoms with E-state index >= 15 is 0 Å². The second-order valence-corrected chi connectivity index (χ2v) is 4.78. The standard InChI is InChI=1S/C16H13ClFNO3/c1-22-12-4-2-3-11(8-12)19-16(21)9-15(20)13-6-5-10(18)7-14(13)17/h2-9,20H,1H3,(H,19,21)/b15-9-. The summed E-state index contributed by atoms with van der Waals surface area (Å²) in [7, 11) is 1.52. The van der Waals surface area contributed by atoms with Gasteiger partial charge in [-0.2, -0.15) is 0 Å². The van der Waals surface area contributed by atoms with Crippen molar-refractivity contribution >= 4 is 29.0 Å². The molecular weight excluding hydrogens is 309 g/mol. The van der Waals surface area contributed by atoms with E-state index in [9.17, 15) is 14.3 Å². The quantitative estimate of drug-likeness (QED) is 0.660. The molecular formula is C16H13ClFNO3. The number of carbonyl (C=O) groups is 1. The van der Waals surface area contributed by atoms with Crippen molar-refractivity contribution in [1.82, 2.24) is 0 Å². The number of methoxy groups -OCH3 is 1. The molecule has 6 heteroatoms. The second-order valence-electron chi connectivity index (χ2n) is 4.37. The van der Waals surface area contributed by atoms with Crippen molar-refractivity contribution < 1.29 is 19.0 Å². The van der Waals surface area contributed by atoms with E-state index in [1.54, 1.807) is 24.3 Å². The SMILES string of the molecule is COc1cccc(NC(=O)/C=C(\O)c2ccc(F)cc2Cl)c1. The third-order valence-corrected chi connectivity index (χ3v) is 3.12. The molecule has 2 aromatic carbocycles. The van der Waals surface area contributed by atoms with Crippen LogP contribution in [0.25, 0.3) is 5.76 Å². The molecule has 0 aromatic heterocycles. The molecule has 1 amide bonds. The predicted octanol–water partition coefficient (Wildman–Crippen LogP) is 4.03. The van der Waals surface area contributed by atoms with Crippen LogP contribution in [0.15, 0.2) is 48.5 Å². The maximum Gasteiger partial charge on any atom is 0.252 e. The number of rotatable bonds is 4. The molecule has 0 saturated carbocycles. The van der Waals surface area contributed by atoms with Crippen molar-refractivity contribution in [2.24, 2.45) is 0 Å². The topological polar surface area (TPSA) is 58.6 Å². The first-order valence-corrected chi connectivity index (χ1v) is 6.68. The van der Waals surface area contributed by atoms with Gasteiger partial charge in [-0.25, -0.2) is 4.39 Å². The van der Waals surface area contributed by atoms with Gasteiger partial charge in [0.2, 0.25) is 0 Å². The van der Waals surface area contributed by atoms with Crippen molar-refractivity contribution in [3.63, 3.8) is 0 Å². The maximum atomic E-state index is 13.0. The minimum Gasteiger partial charge on any atom is -0.507 e. The Labute approximate surface area is 131 Å². The number of nitrogens with one attached hydrogen (secondary N) is 1. The summed E-state index contributed by atoms with van der Waals surface area (Å²) in [6, 6.07) is 10.3. The highest BCUT2D eigenvalue weighted by Gasteiger charge is 2.09. The van der Waals surface area contributed by atoms with Gasteiger partial charge in [0, 0.05) is 23.4 Å². The highest BCUT2D eigenvalue weighted by Crippen LogP contribution is 2.23. The van der Waals surface area contributed by atoms with Gasteiger partial charge < -0.3 is 15.2 Å². The summed E-state index contributed by atoms with van der Waals surface area (Å²) in [5.74, 6) is -0.841. The molecule has 0 fully saturated rings. The van der Waals surface area contributed by atoms with Gasteiger partial charge in [-0.15, -0.1) is 0 Å². The van der Waals surface area contributed by atoms with E-state index in [0.717, 1.165) is 18.2 Å². The van der Waals surface area contributed by atoms with Crippen molar-refractivity contribution in [3.05, 3.63) is 64.9 Å². The lowest BCUT2D eigenvalue weighted by Gasteiger charge is -2.06. The number of hydrogen-bond acceptors (Lipinski definition) is 3. The fourth-order valence-electron chi connectivity index (χ4n) is 1.78. The van der Waals surface area contributed by atoms with Gasteiger partial charge in [-0.05, 0) is 30.3 Å². The predicted molar refractivity (Wildman–Crippen MR) is 83.6 cm³/mol. The van der Waals surface area contributed by atoms with E-state index in [4.69, 9.17) is 16.3 Å². The normalized spacial score (nSPS) is 11.1. The fraction of sp³-hybridized carbons (Fsp3) is 0.0625. The first-order chi connectivity index (χ1) is 10.5. The molecule has 2 rings (SSSR count). The van der Waals surface area contributed by atoms with Crippen LogP contribution in [0.4, 0.5) is 10.1 Å². The van der Waals surface area contributed by atoms with Gasteiger partial charge in [0.15, 0.2) is 0 Å². The average molecular weight is 322 g/mol. The Bertz CT molecular complexity index is 731. The molecule has 0 heterocycles. The van der Waals surface area contributed by atoms with E-state index in [0.29, 0.717) is 11.4 Å². The number of aliphatic hydroxyl groups excluding tert-OH is 1. The van der Waals surface area contributed by atoms with Crippen molar-refractivity contribution in [2.75, 3.05) is 12.4 Å². The molecule has 0 radical (unpaired) electrons. The largest absolute Gasteiger partial charge is 0.507 e.